The lowest BCUT2D eigenvalue weighted by Crippen LogP contribution is -1.84. The molecule has 3 rings (SSSR count). The van der Waals surface area contributed by atoms with Crippen molar-refractivity contribution in [1.29, 1.82) is 5.26 Å². The largest absolute Gasteiger partial charge is 0.276 e. The van der Waals surface area contributed by atoms with Gasteiger partial charge in [0.25, 0.3) is 0 Å². The number of aromatic amines is 1. The van der Waals surface area contributed by atoms with E-state index in [1.807, 2.05) is 18.2 Å². The van der Waals surface area contributed by atoms with Crippen molar-refractivity contribution < 1.29 is 0 Å². The molecule has 0 radical (unpaired) electrons. The second kappa shape index (κ2) is 6.50. The molecule has 3 nitrogen and oxygen atoms in total. The fourth-order valence-electron chi connectivity index (χ4n) is 2.33. The van der Waals surface area contributed by atoms with Crippen molar-refractivity contribution >= 4 is 11.8 Å². The van der Waals surface area contributed by atoms with Gasteiger partial charge in [-0.25, -0.2) is 0 Å². The van der Waals surface area contributed by atoms with Crippen molar-refractivity contribution in [3.8, 4) is 28.5 Å². The Bertz CT molecular complexity index is 799. The standard InChI is InChI=1S/C18H15N3S/c1-13-7-9-15(10-8-13)17-16(14-5-3-2-4-6-14)18(21-20-17)22-12-11-19/h2-10H,12H2,1H3,(H,20,21). The molecular weight excluding hydrogens is 290 g/mol. The third kappa shape index (κ3) is 2.90. The number of aryl methyl sites for hydroxylation is 1. The summed E-state index contributed by atoms with van der Waals surface area (Å²) < 4.78 is 0. The Morgan fingerprint density at radius 2 is 1.77 bits per heavy atom. The fourth-order valence-corrected chi connectivity index (χ4v) is 3.01. The molecule has 1 heterocycles. The molecule has 0 spiro atoms. The van der Waals surface area contributed by atoms with E-state index in [-0.39, 0.29) is 0 Å². The van der Waals surface area contributed by atoms with E-state index in [0.717, 1.165) is 27.4 Å². The van der Waals surface area contributed by atoms with Gasteiger partial charge in [-0.2, -0.15) is 10.4 Å². The van der Waals surface area contributed by atoms with Crippen LogP contribution in [0.15, 0.2) is 59.6 Å². The number of hydrogen-bond acceptors (Lipinski definition) is 3. The molecule has 108 valence electrons. The first-order valence-electron chi connectivity index (χ1n) is 7.00. The van der Waals surface area contributed by atoms with Gasteiger partial charge in [0.2, 0.25) is 0 Å². The first-order chi connectivity index (χ1) is 10.8. The van der Waals surface area contributed by atoms with Gasteiger partial charge in [-0.15, -0.1) is 0 Å². The van der Waals surface area contributed by atoms with E-state index in [4.69, 9.17) is 5.26 Å². The number of thioether (sulfide) groups is 1. The van der Waals surface area contributed by atoms with Gasteiger partial charge in [-0.1, -0.05) is 71.9 Å². The van der Waals surface area contributed by atoms with Gasteiger partial charge in [0.05, 0.1) is 17.5 Å². The van der Waals surface area contributed by atoms with Gasteiger partial charge in [0, 0.05) is 11.1 Å². The van der Waals surface area contributed by atoms with E-state index in [2.05, 4.69) is 59.6 Å². The molecule has 1 N–H and O–H groups in total. The van der Waals surface area contributed by atoms with E-state index in [1.165, 1.54) is 17.3 Å². The highest BCUT2D eigenvalue weighted by Crippen LogP contribution is 2.37. The van der Waals surface area contributed by atoms with Crippen LogP contribution >= 0.6 is 11.8 Å². The van der Waals surface area contributed by atoms with Crippen LogP contribution in [0.1, 0.15) is 5.56 Å². The van der Waals surface area contributed by atoms with Crippen molar-refractivity contribution in [3.63, 3.8) is 0 Å². The normalized spacial score (nSPS) is 10.4. The number of aromatic nitrogens is 2. The number of H-pyrrole nitrogens is 1. The Kier molecular flexibility index (Phi) is 4.27. The van der Waals surface area contributed by atoms with Crippen molar-refractivity contribution in [1.82, 2.24) is 10.2 Å². The molecule has 22 heavy (non-hydrogen) atoms. The Hall–Kier alpha value is -2.51. The van der Waals surface area contributed by atoms with Crippen LogP contribution in [-0.4, -0.2) is 16.0 Å². The first-order valence-corrected chi connectivity index (χ1v) is 7.98. The van der Waals surface area contributed by atoms with Crippen LogP contribution in [0, 0.1) is 18.3 Å². The number of nitriles is 1. The summed E-state index contributed by atoms with van der Waals surface area (Å²) in [6.45, 7) is 2.07. The minimum atomic E-state index is 0.387. The average molecular weight is 305 g/mol. The lowest BCUT2D eigenvalue weighted by Gasteiger charge is -2.06. The SMILES string of the molecule is Cc1ccc(-c2[nH]nc(SCC#N)c2-c2ccccc2)cc1. The molecule has 1 aromatic heterocycles. The quantitative estimate of drug-likeness (QED) is 0.713. The maximum atomic E-state index is 8.83. The first kappa shape index (κ1) is 14.4. The fraction of sp³-hybridized carbons (Fsp3) is 0.111. The van der Waals surface area contributed by atoms with Crippen molar-refractivity contribution in [3.05, 3.63) is 60.2 Å². The van der Waals surface area contributed by atoms with E-state index in [1.54, 1.807) is 0 Å². The Morgan fingerprint density at radius 1 is 1.05 bits per heavy atom. The van der Waals surface area contributed by atoms with Gasteiger partial charge in [0.1, 0.15) is 5.03 Å². The zero-order valence-electron chi connectivity index (χ0n) is 12.2. The molecule has 2 aromatic carbocycles. The number of hydrogen-bond donors (Lipinski definition) is 1. The van der Waals surface area contributed by atoms with Crippen molar-refractivity contribution in [2.24, 2.45) is 0 Å². The summed E-state index contributed by atoms with van der Waals surface area (Å²) in [5, 5.41) is 17.3. The van der Waals surface area contributed by atoms with E-state index >= 15 is 0 Å². The summed E-state index contributed by atoms with van der Waals surface area (Å²) in [7, 11) is 0. The molecule has 0 atom stereocenters. The monoisotopic (exact) mass is 305 g/mol. The molecule has 0 saturated heterocycles. The zero-order chi connectivity index (χ0) is 15.4. The average Bonchev–Trinajstić information content (AvgIpc) is 2.98. The molecule has 0 fully saturated rings. The molecule has 0 saturated carbocycles. The number of nitrogens with one attached hydrogen (secondary N) is 1. The summed E-state index contributed by atoms with van der Waals surface area (Å²) >= 11 is 1.46. The maximum absolute atomic E-state index is 8.83. The van der Waals surface area contributed by atoms with Gasteiger partial charge in [0.15, 0.2) is 0 Å². The molecule has 0 aliphatic rings. The van der Waals surface area contributed by atoms with Crippen molar-refractivity contribution in [2.75, 3.05) is 5.75 Å². The molecule has 0 aliphatic heterocycles. The molecule has 0 bridgehead atoms. The lowest BCUT2D eigenvalue weighted by molar-refractivity contribution is 1.01. The van der Waals surface area contributed by atoms with Crippen LogP contribution in [0.2, 0.25) is 0 Å². The molecule has 0 unspecified atom stereocenters. The van der Waals surface area contributed by atoms with Crippen LogP contribution in [0.3, 0.4) is 0 Å². The van der Waals surface area contributed by atoms with Crippen LogP contribution in [0.4, 0.5) is 0 Å². The highest BCUT2D eigenvalue weighted by molar-refractivity contribution is 7.99. The molecule has 3 aromatic rings. The topological polar surface area (TPSA) is 52.5 Å². The van der Waals surface area contributed by atoms with E-state index < -0.39 is 0 Å². The van der Waals surface area contributed by atoms with Crippen LogP contribution in [-0.2, 0) is 0 Å². The third-order valence-corrected chi connectivity index (χ3v) is 4.25. The zero-order valence-corrected chi connectivity index (χ0v) is 13.0. The van der Waals surface area contributed by atoms with Crippen molar-refractivity contribution in [2.45, 2.75) is 11.9 Å². The number of benzene rings is 2. The Morgan fingerprint density at radius 3 is 2.45 bits per heavy atom. The summed E-state index contributed by atoms with van der Waals surface area (Å²) in [6, 6.07) is 20.7. The van der Waals surface area contributed by atoms with E-state index in [0.29, 0.717) is 5.75 Å². The second-order valence-corrected chi connectivity index (χ2v) is 5.92. The lowest BCUT2D eigenvalue weighted by atomic mass is 10.0. The van der Waals surface area contributed by atoms with E-state index in [9.17, 15) is 0 Å². The minimum absolute atomic E-state index is 0.387. The number of rotatable bonds is 4. The summed E-state index contributed by atoms with van der Waals surface area (Å²) in [5.74, 6) is 0.387. The molecular formula is C18H15N3S. The Balaban J connectivity index is 2.12. The summed E-state index contributed by atoms with van der Waals surface area (Å²) in [4.78, 5) is 0. The third-order valence-electron chi connectivity index (χ3n) is 3.41. The van der Waals surface area contributed by atoms with Crippen LogP contribution in [0.25, 0.3) is 22.4 Å². The summed E-state index contributed by atoms with van der Waals surface area (Å²) in [6.07, 6.45) is 0. The maximum Gasteiger partial charge on any atom is 0.127 e. The molecule has 0 aliphatic carbocycles. The molecule has 0 amide bonds. The minimum Gasteiger partial charge on any atom is -0.276 e. The predicted octanol–water partition coefficient (Wildman–Crippen LogP) is 4.67. The number of nitrogens with zero attached hydrogens (tertiary/aromatic N) is 2. The van der Waals surface area contributed by atoms with Gasteiger partial charge < -0.3 is 0 Å². The molecule has 4 heteroatoms. The van der Waals surface area contributed by atoms with Gasteiger partial charge >= 0.3 is 0 Å². The van der Waals surface area contributed by atoms with Crippen LogP contribution in [0.5, 0.6) is 0 Å². The second-order valence-electron chi connectivity index (χ2n) is 4.96. The highest BCUT2D eigenvalue weighted by Gasteiger charge is 2.16. The van der Waals surface area contributed by atoms with Gasteiger partial charge in [-0.3, -0.25) is 5.10 Å². The predicted molar refractivity (Wildman–Crippen MR) is 90.5 cm³/mol. The smallest absolute Gasteiger partial charge is 0.127 e. The Labute approximate surface area is 134 Å². The van der Waals surface area contributed by atoms with Crippen LogP contribution < -0.4 is 0 Å². The summed E-state index contributed by atoms with van der Waals surface area (Å²) in [5.41, 5.74) is 5.48. The van der Waals surface area contributed by atoms with Gasteiger partial charge in [-0.05, 0) is 12.5 Å². The highest BCUT2D eigenvalue weighted by atomic mass is 32.2.